The van der Waals surface area contributed by atoms with Gasteiger partial charge in [0.25, 0.3) is 0 Å². The third-order valence-corrected chi connectivity index (χ3v) is 9.13. The predicted molar refractivity (Wildman–Crippen MR) is 223 cm³/mol. The van der Waals surface area contributed by atoms with Crippen LogP contribution in [0.25, 0.3) is 11.1 Å². The highest BCUT2D eigenvalue weighted by Gasteiger charge is 2.16. The minimum Gasteiger partial charge on any atom is -0.461 e. The van der Waals surface area contributed by atoms with E-state index in [9.17, 15) is 19.2 Å². The van der Waals surface area contributed by atoms with Crippen molar-refractivity contribution in [1.82, 2.24) is 0 Å². The number of rotatable bonds is 15. The van der Waals surface area contributed by atoms with Crippen LogP contribution < -0.4 is 9.80 Å². The molecule has 0 aliphatic carbocycles. The van der Waals surface area contributed by atoms with Crippen LogP contribution in [0.4, 0.5) is 34.1 Å². The smallest absolute Gasteiger partial charge is 0.302 e. The summed E-state index contributed by atoms with van der Waals surface area (Å²) in [7, 11) is 0. The van der Waals surface area contributed by atoms with E-state index >= 15 is 0 Å². The quantitative estimate of drug-likeness (QED) is 0.0738. The third-order valence-electron chi connectivity index (χ3n) is 9.13. The average Bonchev–Trinajstić information content (AvgIpc) is 3.23. The van der Waals surface area contributed by atoms with Crippen molar-refractivity contribution in [3.63, 3.8) is 0 Å². The van der Waals surface area contributed by atoms with E-state index in [1.54, 1.807) is 0 Å². The number of nitrogens with zero attached hydrogens (tertiary/aromatic N) is 2. The van der Waals surface area contributed by atoms with Crippen LogP contribution in [0.3, 0.4) is 0 Å². The zero-order valence-corrected chi connectivity index (χ0v) is 32.8. The summed E-state index contributed by atoms with van der Waals surface area (Å²) >= 11 is 0. The summed E-state index contributed by atoms with van der Waals surface area (Å²) in [4.78, 5) is 49.8. The Hall–Kier alpha value is -7.20. The molecule has 10 heteroatoms. The Kier molecular flexibility index (Phi) is 13.3. The van der Waals surface area contributed by atoms with Crippen molar-refractivity contribution in [1.29, 1.82) is 0 Å². The van der Waals surface area contributed by atoms with Crippen molar-refractivity contribution in [3.05, 3.63) is 168 Å². The lowest BCUT2D eigenvalue weighted by Gasteiger charge is -2.26. The summed E-state index contributed by atoms with van der Waals surface area (Å²) in [5.41, 5.74) is 11.1. The van der Waals surface area contributed by atoms with E-state index in [4.69, 9.17) is 18.9 Å². The second-order valence-electron chi connectivity index (χ2n) is 13.6. The lowest BCUT2D eigenvalue weighted by Crippen LogP contribution is -2.10. The van der Waals surface area contributed by atoms with Gasteiger partial charge in [0.05, 0.1) is 0 Å². The molecule has 0 aromatic heterocycles. The number of hydrogen-bond acceptors (Lipinski definition) is 10. The maximum absolute atomic E-state index is 11.4. The lowest BCUT2D eigenvalue weighted by atomic mass is 10.0. The van der Waals surface area contributed by atoms with Gasteiger partial charge in [0.2, 0.25) is 0 Å². The molecular weight excluding hydrogens is 733 g/mol. The average molecular weight is 777 g/mol. The first-order valence-electron chi connectivity index (χ1n) is 18.7. The molecule has 6 aromatic rings. The minimum atomic E-state index is -0.334. The van der Waals surface area contributed by atoms with E-state index in [1.165, 1.54) is 27.7 Å². The molecule has 0 bridgehead atoms. The topological polar surface area (TPSA) is 112 Å². The van der Waals surface area contributed by atoms with E-state index < -0.39 is 0 Å². The maximum Gasteiger partial charge on any atom is 0.302 e. The van der Waals surface area contributed by atoms with Crippen molar-refractivity contribution in [2.45, 2.75) is 54.1 Å². The second kappa shape index (κ2) is 19.1. The molecule has 0 saturated heterocycles. The molecule has 294 valence electrons. The minimum absolute atomic E-state index is 0.194. The van der Waals surface area contributed by atoms with Crippen molar-refractivity contribution in [3.8, 4) is 11.1 Å². The molecule has 10 nitrogen and oxygen atoms in total. The molecule has 0 aliphatic heterocycles. The van der Waals surface area contributed by atoms with E-state index in [0.29, 0.717) is 0 Å². The zero-order valence-electron chi connectivity index (χ0n) is 32.8. The molecule has 6 rings (SSSR count). The fraction of sp³-hybridized carbons (Fsp3) is 0.167. The van der Waals surface area contributed by atoms with Crippen molar-refractivity contribution >= 4 is 58.0 Å². The van der Waals surface area contributed by atoms with Gasteiger partial charge >= 0.3 is 23.9 Å². The largest absolute Gasteiger partial charge is 0.461 e. The SMILES string of the molecule is CC(=O)OCc1ccc(N(c2ccc(COC(C)=O)cc2)c2ccc(-c3ccc(N(c4ccc(COC(C)=O)cc4)c4ccc(COC(C)=O)cc4)cc3)cc2)cc1. The number of hydrogen-bond donors (Lipinski definition) is 0. The van der Waals surface area contributed by atoms with E-state index in [-0.39, 0.29) is 50.3 Å². The van der Waals surface area contributed by atoms with Crippen LogP contribution in [0.5, 0.6) is 0 Å². The number of carbonyl (C=O) groups excluding carboxylic acids is 4. The first-order chi connectivity index (χ1) is 28.0. The Morgan fingerprint density at radius 2 is 0.483 bits per heavy atom. The van der Waals surface area contributed by atoms with E-state index in [2.05, 4.69) is 58.3 Å². The van der Waals surface area contributed by atoms with Gasteiger partial charge in [0.1, 0.15) is 26.4 Å². The number of carbonyl (C=O) groups is 4. The van der Waals surface area contributed by atoms with Crippen LogP contribution in [0.2, 0.25) is 0 Å². The molecule has 0 saturated carbocycles. The standard InChI is InChI=1S/C48H44N2O8/c1-33(51)55-29-37-5-17-43(18-6-37)49(44-19-7-38(8-20-44)30-56-34(2)52)47-25-13-41(14-26-47)42-15-27-48(28-16-42)50(45-21-9-39(10-22-45)31-57-35(3)53)46-23-11-40(12-24-46)32-58-36(4)54/h5-28H,29-32H2,1-4H3. The first-order valence-corrected chi connectivity index (χ1v) is 18.7. The van der Waals surface area contributed by atoms with Crippen LogP contribution in [0, 0.1) is 0 Å². The molecule has 6 aromatic carbocycles. The van der Waals surface area contributed by atoms with E-state index in [0.717, 1.165) is 67.5 Å². The monoisotopic (exact) mass is 776 g/mol. The molecule has 0 spiro atoms. The molecular formula is C48H44N2O8. The highest BCUT2D eigenvalue weighted by Crippen LogP contribution is 2.38. The summed E-state index contributed by atoms with van der Waals surface area (Å²) < 4.78 is 20.8. The van der Waals surface area contributed by atoms with E-state index in [1.807, 2.05) is 97.1 Å². The first kappa shape index (κ1) is 40.5. The predicted octanol–water partition coefficient (Wildman–Crippen LogP) is 10.5. The highest BCUT2D eigenvalue weighted by atomic mass is 16.5. The zero-order chi connectivity index (χ0) is 41.0. The summed E-state index contributed by atoms with van der Waals surface area (Å²) in [6, 6.07) is 48.1. The molecule has 0 atom stereocenters. The Balaban J connectivity index is 1.28. The van der Waals surface area contributed by atoms with Crippen molar-refractivity contribution in [2.24, 2.45) is 0 Å². The summed E-state index contributed by atoms with van der Waals surface area (Å²) in [6.07, 6.45) is 0. The Morgan fingerprint density at radius 1 is 0.310 bits per heavy atom. The molecule has 0 aliphatic rings. The van der Waals surface area contributed by atoms with Crippen LogP contribution in [-0.4, -0.2) is 23.9 Å². The molecule has 0 fully saturated rings. The molecule has 0 N–H and O–H groups in total. The van der Waals surface area contributed by atoms with Crippen LogP contribution in [0.1, 0.15) is 49.9 Å². The van der Waals surface area contributed by atoms with Gasteiger partial charge in [-0.25, -0.2) is 0 Å². The van der Waals surface area contributed by atoms with Gasteiger partial charge in [-0.05, 0) is 106 Å². The summed E-state index contributed by atoms with van der Waals surface area (Å²) in [5.74, 6) is -1.34. The molecule has 0 radical (unpaired) electrons. The van der Waals surface area contributed by atoms with Gasteiger partial charge in [-0.1, -0.05) is 72.8 Å². The summed E-state index contributed by atoms with van der Waals surface area (Å²) in [6.45, 7) is 6.34. The molecule has 0 heterocycles. The number of ether oxygens (including phenoxy) is 4. The Bertz CT molecular complexity index is 2030. The molecule has 0 amide bonds. The van der Waals surface area contributed by atoms with Crippen LogP contribution in [0.15, 0.2) is 146 Å². The lowest BCUT2D eigenvalue weighted by molar-refractivity contribution is -0.143. The Morgan fingerprint density at radius 3 is 0.655 bits per heavy atom. The van der Waals surface area contributed by atoms with Gasteiger partial charge in [0, 0.05) is 61.8 Å². The van der Waals surface area contributed by atoms with Crippen molar-refractivity contribution in [2.75, 3.05) is 9.80 Å². The number of anilines is 6. The maximum atomic E-state index is 11.4. The molecule has 58 heavy (non-hydrogen) atoms. The second-order valence-corrected chi connectivity index (χ2v) is 13.6. The van der Waals surface area contributed by atoms with Gasteiger partial charge in [0.15, 0.2) is 0 Å². The van der Waals surface area contributed by atoms with Gasteiger partial charge < -0.3 is 28.7 Å². The molecule has 0 unspecified atom stereocenters. The fourth-order valence-electron chi connectivity index (χ4n) is 6.21. The Labute approximate surface area is 338 Å². The normalized spacial score (nSPS) is 10.6. The van der Waals surface area contributed by atoms with Gasteiger partial charge in [-0.15, -0.1) is 0 Å². The third kappa shape index (κ3) is 11.0. The van der Waals surface area contributed by atoms with Crippen molar-refractivity contribution < 1.29 is 38.1 Å². The van der Waals surface area contributed by atoms with Crippen LogP contribution >= 0.6 is 0 Å². The highest BCUT2D eigenvalue weighted by molar-refractivity contribution is 5.81. The van der Waals surface area contributed by atoms with Crippen LogP contribution in [-0.2, 0) is 64.6 Å². The number of benzene rings is 6. The summed E-state index contributed by atoms with van der Waals surface area (Å²) in [5, 5.41) is 0. The van der Waals surface area contributed by atoms with Gasteiger partial charge in [-0.2, -0.15) is 0 Å². The number of esters is 4. The fourth-order valence-corrected chi connectivity index (χ4v) is 6.21. The van der Waals surface area contributed by atoms with Gasteiger partial charge in [-0.3, -0.25) is 19.2 Å².